The van der Waals surface area contributed by atoms with Crippen molar-refractivity contribution in [3.05, 3.63) is 59.7 Å². The van der Waals surface area contributed by atoms with E-state index in [2.05, 4.69) is 11.4 Å². The van der Waals surface area contributed by atoms with Gasteiger partial charge in [0.05, 0.1) is 0 Å². The van der Waals surface area contributed by atoms with Gasteiger partial charge in [0.25, 0.3) is 0 Å². The van der Waals surface area contributed by atoms with E-state index in [0.717, 1.165) is 61.4 Å². The Kier molecular flexibility index (Phi) is 4.84. The number of carbonyl (C=O) groups is 2. The maximum atomic E-state index is 13.1. The Morgan fingerprint density at radius 3 is 2.44 bits per heavy atom. The molecule has 0 aliphatic carbocycles. The van der Waals surface area contributed by atoms with Crippen molar-refractivity contribution in [1.29, 1.82) is 0 Å². The molecule has 2 amide bonds. The fraction of sp³-hybridized carbons (Fsp3) is 0.364. The monoisotopic (exact) mass is 363 g/mol. The summed E-state index contributed by atoms with van der Waals surface area (Å²) in [7, 11) is 0. The van der Waals surface area contributed by atoms with Gasteiger partial charge < -0.3 is 15.1 Å². The van der Waals surface area contributed by atoms with Crippen LogP contribution in [0.5, 0.6) is 0 Å². The van der Waals surface area contributed by atoms with Crippen molar-refractivity contribution in [3.63, 3.8) is 0 Å². The summed E-state index contributed by atoms with van der Waals surface area (Å²) in [4.78, 5) is 28.7. The predicted molar refractivity (Wildman–Crippen MR) is 107 cm³/mol. The zero-order valence-electron chi connectivity index (χ0n) is 15.6. The SMILES string of the molecule is CC(=O)N1CCc2cc(N[C@@H](C(=O)N3CCCC3)c3ccccc3)ccc21. The van der Waals surface area contributed by atoms with E-state index in [1.807, 2.05) is 52.3 Å². The number of nitrogens with zero attached hydrogens (tertiary/aromatic N) is 2. The molecule has 2 heterocycles. The predicted octanol–water partition coefficient (Wildman–Crippen LogP) is 3.37. The van der Waals surface area contributed by atoms with E-state index in [-0.39, 0.29) is 11.8 Å². The van der Waals surface area contributed by atoms with Gasteiger partial charge in [0, 0.05) is 37.9 Å². The number of carbonyl (C=O) groups excluding carboxylic acids is 2. The van der Waals surface area contributed by atoms with Gasteiger partial charge in [-0.25, -0.2) is 0 Å². The Bertz CT molecular complexity index is 844. The highest BCUT2D eigenvalue weighted by Crippen LogP contribution is 2.32. The normalized spacial score (nSPS) is 16.9. The maximum Gasteiger partial charge on any atom is 0.249 e. The van der Waals surface area contributed by atoms with Gasteiger partial charge in [-0.1, -0.05) is 30.3 Å². The fourth-order valence-electron chi connectivity index (χ4n) is 4.04. The van der Waals surface area contributed by atoms with Crippen LogP contribution in [0.1, 0.15) is 36.9 Å². The number of hydrogen-bond acceptors (Lipinski definition) is 3. The third-order valence-electron chi connectivity index (χ3n) is 5.46. The molecule has 1 fully saturated rings. The van der Waals surface area contributed by atoms with E-state index < -0.39 is 6.04 Å². The number of anilines is 2. The molecule has 4 rings (SSSR count). The van der Waals surface area contributed by atoms with Gasteiger partial charge in [-0.15, -0.1) is 0 Å². The first-order valence-corrected chi connectivity index (χ1v) is 9.65. The third kappa shape index (κ3) is 3.54. The van der Waals surface area contributed by atoms with Crippen LogP contribution in [0.3, 0.4) is 0 Å². The second kappa shape index (κ2) is 7.43. The fourth-order valence-corrected chi connectivity index (χ4v) is 4.04. The average Bonchev–Trinajstić information content (AvgIpc) is 3.35. The molecule has 0 saturated carbocycles. The molecule has 27 heavy (non-hydrogen) atoms. The van der Waals surface area contributed by atoms with E-state index in [1.165, 1.54) is 0 Å². The highest BCUT2D eigenvalue weighted by molar-refractivity contribution is 5.94. The Hall–Kier alpha value is -2.82. The van der Waals surface area contributed by atoms with Gasteiger partial charge in [0.1, 0.15) is 6.04 Å². The minimum absolute atomic E-state index is 0.0702. The van der Waals surface area contributed by atoms with Crippen molar-refractivity contribution >= 4 is 23.2 Å². The lowest BCUT2D eigenvalue weighted by atomic mass is 10.0. The van der Waals surface area contributed by atoms with Gasteiger partial charge >= 0.3 is 0 Å². The summed E-state index contributed by atoms with van der Waals surface area (Å²) in [6, 6.07) is 15.5. The highest BCUT2D eigenvalue weighted by Gasteiger charge is 2.28. The van der Waals surface area contributed by atoms with Crippen LogP contribution in [-0.2, 0) is 16.0 Å². The Morgan fingerprint density at radius 2 is 1.74 bits per heavy atom. The van der Waals surface area contributed by atoms with Gasteiger partial charge in [0.15, 0.2) is 0 Å². The lowest BCUT2D eigenvalue weighted by molar-refractivity contribution is -0.131. The molecule has 2 aromatic rings. The van der Waals surface area contributed by atoms with E-state index in [1.54, 1.807) is 6.92 Å². The van der Waals surface area contributed by atoms with Crippen LogP contribution >= 0.6 is 0 Å². The lowest BCUT2D eigenvalue weighted by Crippen LogP contribution is -2.36. The first-order chi connectivity index (χ1) is 13.1. The van der Waals surface area contributed by atoms with Crippen LogP contribution in [0.15, 0.2) is 48.5 Å². The van der Waals surface area contributed by atoms with Crippen LogP contribution in [0.2, 0.25) is 0 Å². The zero-order chi connectivity index (χ0) is 18.8. The summed E-state index contributed by atoms with van der Waals surface area (Å²) in [5.41, 5.74) is 4.02. The molecule has 0 unspecified atom stereocenters. The van der Waals surface area contributed by atoms with Crippen LogP contribution in [0.25, 0.3) is 0 Å². The zero-order valence-corrected chi connectivity index (χ0v) is 15.6. The molecule has 0 spiro atoms. The van der Waals surface area contributed by atoms with Crippen LogP contribution in [0.4, 0.5) is 11.4 Å². The summed E-state index contributed by atoms with van der Waals surface area (Å²) in [6.45, 7) is 3.99. The summed E-state index contributed by atoms with van der Waals surface area (Å²) in [5, 5.41) is 3.45. The number of fused-ring (bicyclic) bond motifs is 1. The van der Waals surface area contributed by atoms with Gasteiger partial charge in [-0.3, -0.25) is 9.59 Å². The molecular weight excluding hydrogens is 338 g/mol. The molecule has 1 N–H and O–H groups in total. The first-order valence-electron chi connectivity index (χ1n) is 9.65. The quantitative estimate of drug-likeness (QED) is 0.906. The standard InChI is InChI=1S/C22H25N3O2/c1-16(26)25-14-11-18-15-19(9-10-20(18)25)23-21(17-7-3-2-4-8-17)22(27)24-12-5-6-13-24/h2-4,7-10,15,21,23H,5-6,11-14H2,1H3/t21-/m1/s1. The van der Waals surface area contributed by atoms with Crippen molar-refractivity contribution in [1.82, 2.24) is 4.90 Å². The Labute approximate surface area is 160 Å². The molecule has 1 atom stereocenters. The van der Waals surface area contributed by atoms with Crippen LogP contribution < -0.4 is 10.2 Å². The minimum Gasteiger partial charge on any atom is -0.370 e. The molecule has 140 valence electrons. The number of nitrogens with one attached hydrogen (secondary N) is 1. The molecular formula is C22H25N3O2. The van der Waals surface area contributed by atoms with E-state index >= 15 is 0 Å². The van der Waals surface area contributed by atoms with Crippen LogP contribution in [-0.4, -0.2) is 36.3 Å². The molecule has 5 nitrogen and oxygen atoms in total. The number of benzene rings is 2. The topological polar surface area (TPSA) is 52.7 Å². The first kappa shape index (κ1) is 17.6. The summed E-state index contributed by atoms with van der Waals surface area (Å²) < 4.78 is 0. The van der Waals surface area contributed by atoms with Gasteiger partial charge in [0.2, 0.25) is 11.8 Å². The molecule has 2 aromatic carbocycles. The smallest absolute Gasteiger partial charge is 0.249 e. The van der Waals surface area contributed by atoms with Gasteiger partial charge in [-0.05, 0) is 48.6 Å². The Balaban J connectivity index is 1.60. The van der Waals surface area contributed by atoms with Crippen molar-refractivity contribution in [2.45, 2.75) is 32.2 Å². The van der Waals surface area contributed by atoms with Crippen LogP contribution in [0, 0.1) is 0 Å². The van der Waals surface area contributed by atoms with Crippen molar-refractivity contribution in [3.8, 4) is 0 Å². The lowest BCUT2D eigenvalue weighted by Gasteiger charge is -2.25. The Morgan fingerprint density at radius 1 is 1.00 bits per heavy atom. The number of amides is 2. The molecule has 0 radical (unpaired) electrons. The second-order valence-electron chi connectivity index (χ2n) is 7.28. The molecule has 5 heteroatoms. The van der Waals surface area contributed by atoms with E-state index in [9.17, 15) is 9.59 Å². The molecule has 0 bridgehead atoms. The van der Waals surface area contributed by atoms with E-state index in [0.29, 0.717) is 0 Å². The summed E-state index contributed by atoms with van der Waals surface area (Å²) >= 11 is 0. The average molecular weight is 363 g/mol. The van der Waals surface area contributed by atoms with Crippen molar-refractivity contribution in [2.75, 3.05) is 29.9 Å². The maximum absolute atomic E-state index is 13.1. The minimum atomic E-state index is -0.396. The van der Waals surface area contributed by atoms with E-state index in [4.69, 9.17) is 0 Å². The third-order valence-corrected chi connectivity index (χ3v) is 5.46. The second-order valence-corrected chi connectivity index (χ2v) is 7.28. The number of rotatable bonds is 4. The molecule has 2 aliphatic heterocycles. The number of likely N-dealkylation sites (tertiary alicyclic amines) is 1. The van der Waals surface area contributed by atoms with Gasteiger partial charge in [-0.2, -0.15) is 0 Å². The van der Waals surface area contributed by atoms with Crippen molar-refractivity contribution < 1.29 is 9.59 Å². The highest BCUT2D eigenvalue weighted by atomic mass is 16.2. The number of hydrogen-bond donors (Lipinski definition) is 1. The largest absolute Gasteiger partial charge is 0.370 e. The summed E-state index contributed by atoms with van der Waals surface area (Å²) in [5.74, 6) is 0.199. The molecule has 2 aliphatic rings. The van der Waals surface area contributed by atoms with Crippen molar-refractivity contribution in [2.24, 2.45) is 0 Å². The summed E-state index contributed by atoms with van der Waals surface area (Å²) in [6.07, 6.45) is 3.00. The molecule has 0 aromatic heterocycles. The molecule has 1 saturated heterocycles.